The summed E-state index contributed by atoms with van der Waals surface area (Å²) in [6, 6.07) is 7.48. The lowest BCUT2D eigenvalue weighted by molar-refractivity contribution is -0.0878. The zero-order valence-electron chi connectivity index (χ0n) is 11.0. The van der Waals surface area contributed by atoms with Crippen LogP contribution in [0.4, 0.5) is 4.39 Å². The van der Waals surface area contributed by atoms with E-state index in [-0.39, 0.29) is 11.9 Å². The molecule has 1 heterocycles. The topological polar surface area (TPSA) is 30.5 Å². The fourth-order valence-electron chi connectivity index (χ4n) is 2.77. The highest BCUT2D eigenvalue weighted by molar-refractivity contribution is 5.23. The van der Waals surface area contributed by atoms with Crippen molar-refractivity contribution >= 4 is 0 Å². The monoisotopic (exact) mass is 265 g/mol. The van der Waals surface area contributed by atoms with E-state index >= 15 is 0 Å². The first-order chi connectivity index (χ1) is 9.31. The average Bonchev–Trinajstić information content (AvgIpc) is 2.38. The SMILES string of the molecule is Fc1cccc(C2CC(NCC3COCCO3)C2)c1. The molecule has 104 valence electrons. The molecular weight excluding hydrogens is 245 g/mol. The van der Waals surface area contributed by atoms with Crippen LogP contribution in [0.15, 0.2) is 24.3 Å². The first kappa shape index (κ1) is 13.0. The predicted octanol–water partition coefficient (Wildman–Crippen LogP) is 2.08. The minimum Gasteiger partial charge on any atom is -0.376 e. The van der Waals surface area contributed by atoms with E-state index in [0.717, 1.165) is 24.9 Å². The summed E-state index contributed by atoms with van der Waals surface area (Å²) in [5.74, 6) is 0.360. The van der Waals surface area contributed by atoms with Gasteiger partial charge in [-0.1, -0.05) is 12.1 Å². The van der Waals surface area contributed by atoms with E-state index in [1.165, 1.54) is 6.07 Å². The van der Waals surface area contributed by atoms with Crippen LogP contribution < -0.4 is 5.32 Å². The molecule has 3 rings (SSSR count). The quantitative estimate of drug-likeness (QED) is 0.904. The fraction of sp³-hybridized carbons (Fsp3) is 0.600. The largest absolute Gasteiger partial charge is 0.376 e. The molecule has 0 bridgehead atoms. The third kappa shape index (κ3) is 3.32. The lowest BCUT2D eigenvalue weighted by Gasteiger charge is -2.37. The van der Waals surface area contributed by atoms with Crippen molar-refractivity contribution in [3.05, 3.63) is 35.6 Å². The molecule has 1 aliphatic carbocycles. The second-order valence-corrected chi connectivity index (χ2v) is 5.40. The highest BCUT2D eigenvalue weighted by Gasteiger charge is 2.30. The molecule has 0 radical (unpaired) electrons. The average molecular weight is 265 g/mol. The van der Waals surface area contributed by atoms with Gasteiger partial charge in [0.15, 0.2) is 0 Å². The first-order valence-electron chi connectivity index (χ1n) is 6.99. The van der Waals surface area contributed by atoms with E-state index < -0.39 is 0 Å². The number of rotatable bonds is 4. The van der Waals surface area contributed by atoms with Crippen molar-refractivity contribution in [2.45, 2.75) is 30.9 Å². The molecular formula is C15H20FNO2. The highest BCUT2D eigenvalue weighted by Crippen LogP contribution is 2.36. The van der Waals surface area contributed by atoms with Crippen molar-refractivity contribution in [3.8, 4) is 0 Å². The molecule has 19 heavy (non-hydrogen) atoms. The molecule has 1 atom stereocenters. The normalized spacial score (nSPS) is 30.9. The van der Waals surface area contributed by atoms with Gasteiger partial charge in [-0.25, -0.2) is 4.39 Å². The zero-order chi connectivity index (χ0) is 13.1. The van der Waals surface area contributed by atoms with Crippen LogP contribution in [0.1, 0.15) is 24.3 Å². The Kier molecular flexibility index (Phi) is 4.11. The molecule has 2 aliphatic rings. The lowest BCUT2D eigenvalue weighted by Crippen LogP contribution is -2.46. The van der Waals surface area contributed by atoms with Crippen molar-refractivity contribution in [1.29, 1.82) is 0 Å². The molecule has 0 spiro atoms. The predicted molar refractivity (Wildman–Crippen MR) is 70.7 cm³/mol. The van der Waals surface area contributed by atoms with E-state index in [4.69, 9.17) is 9.47 Å². The Morgan fingerprint density at radius 3 is 2.89 bits per heavy atom. The summed E-state index contributed by atoms with van der Waals surface area (Å²) in [6.07, 6.45) is 2.34. The molecule has 1 N–H and O–H groups in total. The van der Waals surface area contributed by atoms with Crippen LogP contribution in [0.2, 0.25) is 0 Å². The van der Waals surface area contributed by atoms with Crippen molar-refractivity contribution in [3.63, 3.8) is 0 Å². The number of hydrogen-bond acceptors (Lipinski definition) is 3. The van der Waals surface area contributed by atoms with Gasteiger partial charge in [-0.2, -0.15) is 0 Å². The number of hydrogen-bond donors (Lipinski definition) is 1. The Morgan fingerprint density at radius 2 is 2.16 bits per heavy atom. The van der Waals surface area contributed by atoms with E-state index in [9.17, 15) is 4.39 Å². The molecule has 3 nitrogen and oxygen atoms in total. The van der Waals surface area contributed by atoms with Crippen molar-refractivity contribution in [2.75, 3.05) is 26.4 Å². The Labute approximate surface area is 113 Å². The maximum Gasteiger partial charge on any atom is 0.123 e. The molecule has 1 saturated carbocycles. The van der Waals surface area contributed by atoms with Crippen molar-refractivity contribution in [1.82, 2.24) is 5.32 Å². The molecule has 1 aromatic carbocycles. The number of benzene rings is 1. The number of halogens is 1. The first-order valence-corrected chi connectivity index (χ1v) is 6.99. The summed E-state index contributed by atoms with van der Waals surface area (Å²) in [7, 11) is 0. The van der Waals surface area contributed by atoms with E-state index in [1.807, 2.05) is 6.07 Å². The van der Waals surface area contributed by atoms with Crippen LogP contribution in [0.3, 0.4) is 0 Å². The molecule has 1 unspecified atom stereocenters. The summed E-state index contributed by atoms with van der Waals surface area (Å²) in [5.41, 5.74) is 1.12. The minimum atomic E-state index is -0.137. The molecule has 0 amide bonds. The van der Waals surface area contributed by atoms with E-state index in [1.54, 1.807) is 12.1 Å². The Hall–Kier alpha value is -0.970. The zero-order valence-corrected chi connectivity index (χ0v) is 11.0. The van der Waals surface area contributed by atoms with Gasteiger partial charge in [-0.15, -0.1) is 0 Å². The highest BCUT2D eigenvalue weighted by atomic mass is 19.1. The van der Waals surface area contributed by atoms with Crippen molar-refractivity contribution in [2.24, 2.45) is 0 Å². The summed E-state index contributed by atoms with van der Waals surface area (Å²) >= 11 is 0. The van der Waals surface area contributed by atoms with E-state index in [0.29, 0.717) is 31.8 Å². The third-order valence-corrected chi connectivity index (χ3v) is 3.98. The van der Waals surface area contributed by atoms with E-state index in [2.05, 4.69) is 5.32 Å². The Balaban J connectivity index is 1.40. The van der Waals surface area contributed by atoms with Crippen LogP contribution in [0, 0.1) is 5.82 Å². The second kappa shape index (κ2) is 5.99. The molecule has 2 fully saturated rings. The standard InChI is InChI=1S/C15H20FNO2/c16-13-3-1-2-11(6-13)12-7-14(8-12)17-9-15-10-18-4-5-19-15/h1-3,6,12,14-15,17H,4-5,7-10H2. The Bertz CT molecular complexity index is 414. The molecule has 0 aromatic heterocycles. The van der Waals surface area contributed by atoms with Gasteiger partial charge in [-0.05, 0) is 36.5 Å². The Morgan fingerprint density at radius 1 is 1.26 bits per heavy atom. The third-order valence-electron chi connectivity index (χ3n) is 3.98. The maximum absolute atomic E-state index is 13.1. The van der Waals surface area contributed by atoms with Gasteiger partial charge in [0.25, 0.3) is 0 Å². The van der Waals surface area contributed by atoms with Crippen LogP contribution in [-0.4, -0.2) is 38.5 Å². The van der Waals surface area contributed by atoms with Gasteiger partial charge in [0, 0.05) is 12.6 Å². The number of ether oxygens (including phenoxy) is 2. The van der Waals surface area contributed by atoms with Gasteiger partial charge in [0.1, 0.15) is 5.82 Å². The lowest BCUT2D eigenvalue weighted by atomic mass is 9.76. The number of nitrogens with one attached hydrogen (secondary N) is 1. The van der Waals surface area contributed by atoms with Crippen LogP contribution in [-0.2, 0) is 9.47 Å². The smallest absolute Gasteiger partial charge is 0.123 e. The van der Waals surface area contributed by atoms with Gasteiger partial charge in [-0.3, -0.25) is 0 Å². The summed E-state index contributed by atoms with van der Waals surface area (Å²) in [6.45, 7) is 2.94. The fourth-order valence-corrected chi connectivity index (χ4v) is 2.77. The van der Waals surface area contributed by atoms with Gasteiger partial charge in [0.2, 0.25) is 0 Å². The molecule has 1 saturated heterocycles. The van der Waals surface area contributed by atoms with Crippen molar-refractivity contribution < 1.29 is 13.9 Å². The minimum absolute atomic E-state index is 0.137. The molecule has 4 heteroatoms. The second-order valence-electron chi connectivity index (χ2n) is 5.40. The van der Waals surface area contributed by atoms with Crippen LogP contribution >= 0.6 is 0 Å². The summed E-state index contributed by atoms with van der Waals surface area (Å²) in [4.78, 5) is 0. The van der Waals surface area contributed by atoms with Gasteiger partial charge < -0.3 is 14.8 Å². The van der Waals surface area contributed by atoms with Crippen LogP contribution in [0.25, 0.3) is 0 Å². The summed E-state index contributed by atoms with van der Waals surface area (Å²) < 4.78 is 24.1. The van der Waals surface area contributed by atoms with Crippen LogP contribution in [0.5, 0.6) is 0 Å². The summed E-state index contributed by atoms with van der Waals surface area (Å²) in [5, 5.41) is 3.50. The maximum atomic E-state index is 13.1. The van der Waals surface area contributed by atoms with Gasteiger partial charge in [0.05, 0.1) is 25.9 Å². The van der Waals surface area contributed by atoms with Gasteiger partial charge >= 0.3 is 0 Å². The molecule has 1 aliphatic heterocycles. The molecule has 1 aromatic rings.